The second-order valence-electron chi connectivity index (χ2n) is 4.15. The van der Waals surface area contributed by atoms with Gasteiger partial charge in [-0.2, -0.15) is 0 Å². The lowest BCUT2D eigenvalue weighted by atomic mass is 10.1. The Morgan fingerprint density at radius 3 is 2.56 bits per heavy atom. The molecule has 0 saturated carbocycles. The molecule has 0 heterocycles. The molecule has 94 valence electrons. The smallest absolute Gasteiger partial charge is 0.146 e. The summed E-state index contributed by atoms with van der Waals surface area (Å²) in [4.78, 5) is 1.81. The van der Waals surface area contributed by atoms with Crippen molar-refractivity contribution in [3.8, 4) is 0 Å². The van der Waals surface area contributed by atoms with Gasteiger partial charge in [0.1, 0.15) is 11.6 Å². The minimum absolute atomic E-state index is 0.140. The van der Waals surface area contributed by atoms with E-state index in [-0.39, 0.29) is 11.5 Å². The summed E-state index contributed by atoms with van der Waals surface area (Å²) in [7, 11) is 1.80. The Labute approximate surface area is 105 Å². The standard InChI is InChI=1S/C14H14F2N2/c1-18(12-6-3-5-11(15)8-12)9-10-4-2-7-13(16)14(10)17/h2-8H,9,17H2,1H3. The molecule has 2 N–H and O–H groups in total. The fourth-order valence-corrected chi connectivity index (χ4v) is 1.78. The number of rotatable bonds is 3. The highest BCUT2D eigenvalue weighted by molar-refractivity contribution is 5.52. The molecular formula is C14H14F2N2. The Kier molecular flexibility index (Phi) is 3.46. The highest BCUT2D eigenvalue weighted by Gasteiger charge is 2.08. The SMILES string of the molecule is CN(Cc1cccc(F)c1N)c1cccc(F)c1. The summed E-state index contributed by atoms with van der Waals surface area (Å²) >= 11 is 0. The van der Waals surface area contributed by atoms with Crippen molar-refractivity contribution in [3.63, 3.8) is 0 Å². The molecule has 4 heteroatoms. The van der Waals surface area contributed by atoms with Crippen LogP contribution in [0.15, 0.2) is 42.5 Å². The average Bonchev–Trinajstić information content (AvgIpc) is 2.35. The number of hydrogen-bond acceptors (Lipinski definition) is 2. The van der Waals surface area contributed by atoms with Gasteiger partial charge in [0.05, 0.1) is 5.69 Å². The maximum absolute atomic E-state index is 13.3. The van der Waals surface area contributed by atoms with Gasteiger partial charge in [0.25, 0.3) is 0 Å². The zero-order valence-corrected chi connectivity index (χ0v) is 10.0. The van der Waals surface area contributed by atoms with Gasteiger partial charge in [0.2, 0.25) is 0 Å². The Hall–Kier alpha value is -2.10. The fraction of sp³-hybridized carbons (Fsp3) is 0.143. The van der Waals surface area contributed by atoms with Gasteiger partial charge in [-0.3, -0.25) is 0 Å². The summed E-state index contributed by atoms with van der Waals surface area (Å²) < 4.78 is 26.4. The molecule has 0 atom stereocenters. The van der Waals surface area contributed by atoms with E-state index >= 15 is 0 Å². The van der Waals surface area contributed by atoms with E-state index in [0.717, 1.165) is 5.69 Å². The zero-order chi connectivity index (χ0) is 13.1. The molecule has 0 fully saturated rings. The van der Waals surface area contributed by atoms with Crippen molar-refractivity contribution in [2.24, 2.45) is 0 Å². The molecule has 0 amide bonds. The molecule has 0 spiro atoms. The summed E-state index contributed by atoms with van der Waals surface area (Å²) in [6, 6.07) is 10.9. The van der Waals surface area contributed by atoms with Gasteiger partial charge in [0.15, 0.2) is 0 Å². The fourth-order valence-electron chi connectivity index (χ4n) is 1.78. The van der Waals surface area contributed by atoms with Crippen LogP contribution in [0.3, 0.4) is 0 Å². The Balaban J connectivity index is 2.21. The van der Waals surface area contributed by atoms with Gasteiger partial charge in [-0.15, -0.1) is 0 Å². The van der Waals surface area contributed by atoms with Crippen LogP contribution in [0, 0.1) is 11.6 Å². The molecule has 0 radical (unpaired) electrons. The maximum Gasteiger partial charge on any atom is 0.146 e. The lowest BCUT2D eigenvalue weighted by Crippen LogP contribution is -2.17. The molecule has 18 heavy (non-hydrogen) atoms. The molecule has 0 aliphatic heterocycles. The summed E-state index contributed by atoms with van der Waals surface area (Å²) in [5, 5.41) is 0. The Bertz CT molecular complexity index is 555. The topological polar surface area (TPSA) is 29.3 Å². The van der Waals surface area contributed by atoms with E-state index in [1.54, 1.807) is 31.3 Å². The third-order valence-electron chi connectivity index (χ3n) is 2.80. The Morgan fingerprint density at radius 2 is 1.83 bits per heavy atom. The molecule has 0 unspecified atom stereocenters. The van der Waals surface area contributed by atoms with Gasteiger partial charge in [-0.25, -0.2) is 8.78 Å². The van der Waals surface area contributed by atoms with Gasteiger partial charge in [0, 0.05) is 19.3 Å². The molecule has 0 saturated heterocycles. The average molecular weight is 248 g/mol. The van der Waals surface area contributed by atoms with E-state index in [1.807, 2.05) is 4.90 Å². The van der Waals surface area contributed by atoms with Crippen LogP contribution in [0.2, 0.25) is 0 Å². The van der Waals surface area contributed by atoms with Gasteiger partial charge < -0.3 is 10.6 Å². The van der Waals surface area contributed by atoms with E-state index in [1.165, 1.54) is 18.2 Å². The van der Waals surface area contributed by atoms with Crippen molar-refractivity contribution in [3.05, 3.63) is 59.7 Å². The van der Waals surface area contributed by atoms with E-state index in [0.29, 0.717) is 12.1 Å². The van der Waals surface area contributed by atoms with E-state index in [2.05, 4.69) is 0 Å². The van der Waals surface area contributed by atoms with Crippen LogP contribution >= 0.6 is 0 Å². The van der Waals surface area contributed by atoms with Crippen molar-refractivity contribution in [1.29, 1.82) is 0 Å². The molecular weight excluding hydrogens is 234 g/mol. The quantitative estimate of drug-likeness (QED) is 0.845. The zero-order valence-electron chi connectivity index (χ0n) is 10.0. The lowest BCUT2D eigenvalue weighted by molar-refractivity contribution is 0.626. The Morgan fingerprint density at radius 1 is 1.11 bits per heavy atom. The third-order valence-corrected chi connectivity index (χ3v) is 2.80. The van der Waals surface area contributed by atoms with E-state index in [9.17, 15) is 8.78 Å². The number of benzene rings is 2. The van der Waals surface area contributed by atoms with Gasteiger partial charge in [-0.05, 0) is 29.8 Å². The molecule has 0 aromatic heterocycles. The molecule has 0 aliphatic carbocycles. The first-order valence-electron chi connectivity index (χ1n) is 5.57. The van der Waals surface area contributed by atoms with E-state index in [4.69, 9.17) is 5.73 Å². The van der Waals surface area contributed by atoms with Crippen LogP contribution < -0.4 is 10.6 Å². The van der Waals surface area contributed by atoms with Crippen molar-refractivity contribution in [2.75, 3.05) is 17.7 Å². The first-order valence-corrected chi connectivity index (χ1v) is 5.57. The van der Waals surface area contributed by atoms with Crippen LogP contribution in [0.5, 0.6) is 0 Å². The summed E-state index contributed by atoms with van der Waals surface area (Å²) in [5.74, 6) is -0.730. The van der Waals surface area contributed by atoms with Crippen LogP contribution in [0.4, 0.5) is 20.2 Å². The number of nitrogens with two attached hydrogens (primary N) is 1. The number of para-hydroxylation sites is 1. The number of anilines is 2. The van der Waals surface area contributed by atoms with Crippen LogP contribution in [-0.4, -0.2) is 7.05 Å². The second-order valence-corrected chi connectivity index (χ2v) is 4.15. The summed E-state index contributed by atoms with van der Waals surface area (Å²) in [6.45, 7) is 0.424. The molecule has 0 bridgehead atoms. The largest absolute Gasteiger partial charge is 0.396 e. The monoisotopic (exact) mass is 248 g/mol. The number of nitrogens with zero attached hydrogens (tertiary/aromatic N) is 1. The highest BCUT2D eigenvalue weighted by atomic mass is 19.1. The normalized spacial score (nSPS) is 10.4. The maximum atomic E-state index is 13.3. The first-order chi connectivity index (χ1) is 8.58. The van der Waals surface area contributed by atoms with Crippen molar-refractivity contribution in [1.82, 2.24) is 0 Å². The number of nitrogen functional groups attached to an aromatic ring is 1. The number of hydrogen-bond donors (Lipinski definition) is 1. The van der Waals surface area contributed by atoms with Crippen molar-refractivity contribution < 1.29 is 8.78 Å². The van der Waals surface area contributed by atoms with E-state index < -0.39 is 5.82 Å². The van der Waals surface area contributed by atoms with Crippen molar-refractivity contribution >= 4 is 11.4 Å². The summed E-state index contributed by atoms with van der Waals surface area (Å²) in [5.41, 5.74) is 7.21. The minimum Gasteiger partial charge on any atom is -0.396 e. The molecule has 2 rings (SSSR count). The number of halogens is 2. The first kappa shape index (κ1) is 12.4. The van der Waals surface area contributed by atoms with Crippen LogP contribution in [-0.2, 0) is 6.54 Å². The van der Waals surface area contributed by atoms with Crippen LogP contribution in [0.1, 0.15) is 5.56 Å². The van der Waals surface area contributed by atoms with Gasteiger partial charge >= 0.3 is 0 Å². The lowest BCUT2D eigenvalue weighted by Gasteiger charge is -2.20. The summed E-state index contributed by atoms with van der Waals surface area (Å²) in [6.07, 6.45) is 0. The molecule has 2 aromatic rings. The van der Waals surface area contributed by atoms with Gasteiger partial charge in [-0.1, -0.05) is 18.2 Å². The van der Waals surface area contributed by atoms with Crippen molar-refractivity contribution in [2.45, 2.75) is 6.54 Å². The molecule has 2 aromatic carbocycles. The third kappa shape index (κ3) is 2.59. The predicted octanol–water partition coefficient (Wildman–Crippen LogP) is 3.18. The molecule has 0 aliphatic rings. The van der Waals surface area contributed by atoms with Crippen LogP contribution in [0.25, 0.3) is 0 Å². The molecule has 2 nitrogen and oxygen atoms in total. The predicted molar refractivity (Wildman–Crippen MR) is 69.3 cm³/mol. The minimum atomic E-state index is -0.430. The highest BCUT2D eigenvalue weighted by Crippen LogP contribution is 2.21. The second kappa shape index (κ2) is 5.04.